The molecule has 0 amide bonds. The summed E-state index contributed by atoms with van der Waals surface area (Å²) in [6, 6.07) is 6.81. The topological polar surface area (TPSA) is 75.8 Å². The Morgan fingerprint density at radius 2 is 2.00 bits per heavy atom. The first kappa shape index (κ1) is 17.3. The summed E-state index contributed by atoms with van der Waals surface area (Å²) in [7, 11) is 0. The molecule has 6 nitrogen and oxygen atoms in total. The van der Waals surface area contributed by atoms with E-state index in [0.717, 1.165) is 50.9 Å². The molecule has 1 N–H and O–H groups in total. The molecule has 1 aliphatic heterocycles. The summed E-state index contributed by atoms with van der Waals surface area (Å²) in [5, 5.41) is 20.9. The van der Waals surface area contributed by atoms with E-state index in [-0.39, 0.29) is 28.2 Å². The van der Waals surface area contributed by atoms with Crippen LogP contribution in [0.25, 0.3) is 0 Å². The second-order valence-electron chi connectivity index (χ2n) is 6.94. The van der Waals surface area contributed by atoms with Crippen LogP contribution in [0.3, 0.4) is 0 Å². The quantitative estimate of drug-likeness (QED) is 0.638. The summed E-state index contributed by atoms with van der Waals surface area (Å²) < 4.78 is 5.80. The smallest absolute Gasteiger partial charge is 0.269 e. The number of nitro groups is 1. The van der Waals surface area contributed by atoms with E-state index in [4.69, 9.17) is 4.74 Å². The van der Waals surface area contributed by atoms with Crippen LogP contribution >= 0.6 is 0 Å². The van der Waals surface area contributed by atoms with E-state index < -0.39 is 0 Å². The molecule has 2 atom stereocenters. The molecular weight excluding hydrogens is 308 g/mol. The molecule has 132 valence electrons. The fraction of sp³-hybridized carbons (Fsp3) is 0.667. The number of hydrogen-bond acceptors (Lipinski definition) is 5. The molecule has 2 unspecified atom stereocenters. The van der Waals surface area contributed by atoms with Gasteiger partial charge in [-0.15, -0.1) is 0 Å². The average molecular weight is 334 g/mol. The summed E-state index contributed by atoms with van der Waals surface area (Å²) in [6.45, 7) is 5.63. The van der Waals surface area contributed by atoms with Gasteiger partial charge in [-0.25, -0.2) is 0 Å². The van der Waals surface area contributed by atoms with Crippen LogP contribution < -0.4 is 0 Å². The molecule has 24 heavy (non-hydrogen) atoms. The first-order chi connectivity index (χ1) is 11.5. The summed E-state index contributed by atoms with van der Waals surface area (Å²) in [6.07, 6.45) is 3.64. The third kappa shape index (κ3) is 3.31. The lowest BCUT2D eigenvalue weighted by Gasteiger charge is -2.56. The maximum absolute atomic E-state index is 10.7. The molecule has 1 aromatic rings. The number of aliphatic hydroxyl groups is 1. The average Bonchev–Trinajstić information content (AvgIpc) is 2.60. The molecule has 1 spiro atoms. The molecular formula is C18H26N2O4. The van der Waals surface area contributed by atoms with Crippen molar-refractivity contribution in [1.82, 2.24) is 4.90 Å². The van der Waals surface area contributed by atoms with Crippen LogP contribution in [-0.2, 0) is 11.2 Å². The van der Waals surface area contributed by atoms with Gasteiger partial charge in [0.2, 0.25) is 0 Å². The van der Waals surface area contributed by atoms with E-state index in [2.05, 4.69) is 4.90 Å². The Hall–Kier alpha value is -1.50. The second-order valence-corrected chi connectivity index (χ2v) is 6.94. The summed E-state index contributed by atoms with van der Waals surface area (Å²) >= 11 is 0. The van der Waals surface area contributed by atoms with Gasteiger partial charge in [0.25, 0.3) is 5.69 Å². The molecule has 0 aromatic heterocycles. The largest absolute Gasteiger partial charge is 0.392 e. The number of hydrogen-bond donors (Lipinski definition) is 1. The zero-order valence-electron chi connectivity index (χ0n) is 14.2. The number of piperidine rings is 1. The Morgan fingerprint density at radius 3 is 2.54 bits per heavy atom. The molecule has 2 aliphatic rings. The standard InChI is InChI=1S/C18H26N2O4/c1-2-24-17-13-16(21)18(17)8-11-19(12-9-18)10-7-14-3-5-15(6-4-14)20(22)23/h3-6,16-17,21H,2,7-13H2,1H3. The van der Waals surface area contributed by atoms with Gasteiger partial charge in [0.05, 0.1) is 17.1 Å². The van der Waals surface area contributed by atoms with E-state index >= 15 is 0 Å². The van der Waals surface area contributed by atoms with Gasteiger partial charge in [-0.05, 0) is 44.8 Å². The lowest BCUT2D eigenvalue weighted by molar-refractivity contribution is -0.384. The van der Waals surface area contributed by atoms with Gasteiger partial charge in [-0.2, -0.15) is 0 Å². The fourth-order valence-electron chi connectivity index (χ4n) is 4.08. The Labute approximate surface area is 142 Å². The van der Waals surface area contributed by atoms with Crippen molar-refractivity contribution < 1.29 is 14.8 Å². The maximum Gasteiger partial charge on any atom is 0.269 e. The Balaban J connectivity index is 1.48. The van der Waals surface area contributed by atoms with Crippen LogP contribution in [0.4, 0.5) is 5.69 Å². The van der Waals surface area contributed by atoms with Crippen LogP contribution in [0.5, 0.6) is 0 Å². The van der Waals surface area contributed by atoms with E-state index in [1.807, 2.05) is 19.1 Å². The molecule has 1 saturated carbocycles. The van der Waals surface area contributed by atoms with E-state index in [1.165, 1.54) is 0 Å². The number of benzene rings is 1. The molecule has 2 fully saturated rings. The van der Waals surface area contributed by atoms with Crippen molar-refractivity contribution in [2.75, 3.05) is 26.2 Å². The van der Waals surface area contributed by atoms with Crippen molar-refractivity contribution in [3.8, 4) is 0 Å². The molecule has 1 aliphatic carbocycles. The predicted octanol–water partition coefficient (Wildman–Crippen LogP) is 2.39. The maximum atomic E-state index is 10.7. The fourth-order valence-corrected chi connectivity index (χ4v) is 4.08. The van der Waals surface area contributed by atoms with Gasteiger partial charge in [0.1, 0.15) is 0 Å². The second kappa shape index (κ2) is 7.17. The number of non-ortho nitro benzene ring substituents is 1. The molecule has 6 heteroatoms. The number of likely N-dealkylation sites (tertiary alicyclic amines) is 1. The zero-order valence-corrected chi connectivity index (χ0v) is 14.2. The summed E-state index contributed by atoms with van der Waals surface area (Å²) in [5.74, 6) is 0. The highest BCUT2D eigenvalue weighted by atomic mass is 16.6. The molecule has 0 bridgehead atoms. The summed E-state index contributed by atoms with van der Waals surface area (Å²) in [5.41, 5.74) is 1.23. The van der Waals surface area contributed by atoms with Gasteiger partial charge in [-0.1, -0.05) is 12.1 Å². The van der Waals surface area contributed by atoms with E-state index in [0.29, 0.717) is 6.61 Å². The monoisotopic (exact) mass is 334 g/mol. The van der Waals surface area contributed by atoms with Crippen LogP contribution in [-0.4, -0.2) is 53.4 Å². The van der Waals surface area contributed by atoms with Crippen LogP contribution in [0.1, 0.15) is 31.7 Å². The Bertz CT molecular complexity index is 565. The number of nitro benzene ring substituents is 1. The summed E-state index contributed by atoms with van der Waals surface area (Å²) in [4.78, 5) is 12.7. The van der Waals surface area contributed by atoms with Gasteiger partial charge in [0.15, 0.2) is 0 Å². The van der Waals surface area contributed by atoms with Crippen LogP contribution in [0, 0.1) is 15.5 Å². The highest BCUT2D eigenvalue weighted by Gasteiger charge is 2.55. The lowest BCUT2D eigenvalue weighted by atomic mass is 9.58. The minimum Gasteiger partial charge on any atom is -0.392 e. The van der Waals surface area contributed by atoms with Gasteiger partial charge >= 0.3 is 0 Å². The highest BCUT2D eigenvalue weighted by Crippen LogP contribution is 2.50. The SMILES string of the molecule is CCOC1CC(O)C12CCN(CCc1ccc([N+](=O)[O-])cc1)CC2. The third-order valence-corrected chi connectivity index (χ3v) is 5.76. The zero-order chi connectivity index (χ0) is 17.2. The Morgan fingerprint density at radius 1 is 1.33 bits per heavy atom. The molecule has 1 saturated heterocycles. The first-order valence-corrected chi connectivity index (χ1v) is 8.80. The molecule has 1 heterocycles. The molecule has 3 rings (SSSR count). The Kier molecular flexibility index (Phi) is 5.18. The number of nitrogens with zero attached hydrogens (tertiary/aromatic N) is 2. The normalized spacial score (nSPS) is 26.2. The highest BCUT2D eigenvalue weighted by molar-refractivity contribution is 5.32. The van der Waals surface area contributed by atoms with Crippen LogP contribution in [0.15, 0.2) is 24.3 Å². The predicted molar refractivity (Wildman–Crippen MR) is 90.9 cm³/mol. The van der Waals surface area contributed by atoms with Gasteiger partial charge < -0.3 is 14.7 Å². The van der Waals surface area contributed by atoms with E-state index in [1.54, 1.807) is 12.1 Å². The van der Waals surface area contributed by atoms with Crippen molar-refractivity contribution in [3.63, 3.8) is 0 Å². The number of rotatable bonds is 6. The first-order valence-electron chi connectivity index (χ1n) is 8.80. The number of aliphatic hydroxyl groups excluding tert-OH is 1. The van der Waals surface area contributed by atoms with Crippen molar-refractivity contribution in [3.05, 3.63) is 39.9 Å². The number of ether oxygens (including phenoxy) is 1. The lowest BCUT2D eigenvalue weighted by Crippen LogP contribution is -2.62. The van der Waals surface area contributed by atoms with Crippen molar-refractivity contribution in [2.24, 2.45) is 5.41 Å². The van der Waals surface area contributed by atoms with Crippen LogP contribution in [0.2, 0.25) is 0 Å². The third-order valence-electron chi connectivity index (χ3n) is 5.76. The molecule has 1 aromatic carbocycles. The molecule has 0 radical (unpaired) electrons. The van der Waals surface area contributed by atoms with E-state index in [9.17, 15) is 15.2 Å². The van der Waals surface area contributed by atoms with Crippen molar-refractivity contribution in [1.29, 1.82) is 0 Å². The van der Waals surface area contributed by atoms with Gasteiger partial charge in [0, 0.05) is 37.1 Å². The van der Waals surface area contributed by atoms with Gasteiger partial charge in [-0.3, -0.25) is 10.1 Å². The van der Waals surface area contributed by atoms with Crippen molar-refractivity contribution >= 4 is 5.69 Å². The minimum atomic E-state index is -0.368. The minimum absolute atomic E-state index is 0.0279. The van der Waals surface area contributed by atoms with Crippen molar-refractivity contribution in [2.45, 2.75) is 44.8 Å².